The lowest BCUT2D eigenvalue weighted by Crippen LogP contribution is -2.32. The Morgan fingerprint density at radius 2 is 1.88 bits per heavy atom. The van der Waals surface area contributed by atoms with Crippen molar-refractivity contribution in [3.05, 3.63) is 41.9 Å². The normalized spacial score (nSPS) is 22.9. The van der Waals surface area contributed by atoms with Crippen molar-refractivity contribution in [1.82, 2.24) is 15.2 Å². The van der Waals surface area contributed by atoms with Crippen LogP contribution >= 0.6 is 0 Å². The molecule has 0 bridgehead atoms. The first-order chi connectivity index (χ1) is 12.7. The van der Waals surface area contributed by atoms with Gasteiger partial charge in [-0.1, -0.05) is 29.8 Å². The van der Waals surface area contributed by atoms with Crippen LogP contribution in [0.2, 0.25) is 0 Å². The van der Waals surface area contributed by atoms with E-state index < -0.39 is 0 Å². The zero-order valence-corrected chi connectivity index (χ0v) is 15.4. The second kappa shape index (κ2) is 7.62. The van der Waals surface area contributed by atoms with Crippen molar-refractivity contribution in [3.8, 4) is 11.3 Å². The number of fused-ring (bicyclic) bond motifs is 1. The summed E-state index contributed by atoms with van der Waals surface area (Å²) in [5, 5.41) is 3.48. The first kappa shape index (κ1) is 17.3. The van der Waals surface area contributed by atoms with Gasteiger partial charge in [0, 0.05) is 31.5 Å². The number of nitrogens with one attached hydrogen (secondary N) is 1. The Labute approximate surface area is 154 Å². The van der Waals surface area contributed by atoms with Crippen LogP contribution in [0.4, 0.5) is 0 Å². The van der Waals surface area contributed by atoms with Crippen molar-refractivity contribution in [3.63, 3.8) is 0 Å². The number of amides is 1. The standard InChI is InChI=1S/C21H27N3O2/c1-15-2-4-16(5-3-15)19-14-23-20(26-19)6-7-21(25)24-10-8-17-12-22-13-18(17)9-11-24/h2-5,14,17-18,22H,6-13H2,1H3/t17-,18+. The Hall–Kier alpha value is -2.14. The van der Waals surface area contributed by atoms with Crippen LogP contribution in [0, 0.1) is 18.8 Å². The maximum Gasteiger partial charge on any atom is 0.223 e. The molecule has 1 aromatic carbocycles. The lowest BCUT2D eigenvalue weighted by molar-refractivity contribution is -0.131. The van der Waals surface area contributed by atoms with E-state index in [4.69, 9.17) is 4.42 Å². The fraction of sp³-hybridized carbons (Fsp3) is 0.524. The highest BCUT2D eigenvalue weighted by Crippen LogP contribution is 2.27. The number of aromatic nitrogens is 1. The molecule has 0 unspecified atom stereocenters. The molecule has 1 N–H and O–H groups in total. The van der Waals surface area contributed by atoms with E-state index in [1.54, 1.807) is 6.20 Å². The van der Waals surface area contributed by atoms with Crippen LogP contribution < -0.4 is 5.32 Å². The summed E-state index contributed by atoms with van der Waals surface area (Å²) < 4.78 is 5.84. The van der Waals surface area contributed by atoms with Crippen molar-refractivity contribution in [2.24, 2.45) is 11.8 Å². The van der Waals surface area contributed by atoms with Crippen LogP contribution in [0.25, 0.3) is 11.3 Å². The van der Waals surface area contributed by atoms with E-state index in [9.17, 15) is 4.79 Å². The van der Waals surface area contributed by atoms with Gasteiger partial charge >= 0.3 is 0 Å². The molecule has 0 spiro atoms. The number of aryl methyl sites for hydroxylation is 2. The molecule has 2 atom stereocenters. The van der Waals surface area contributed by atoms with Crippen LogP contribution in [0.1, 0.15) is 30.7 Å². The Morgan fingerprint density at radius 1 is 1.19 bits per heavy atom. The third-order valence-electron chi connectivity index (χ3n) is 5.81. The van der Waals surface area contributed by atoms with Crippen LogP contribution in [0.3, 0.4) is 0 Å². The summed E-state index contributed by atoms with van der Waals surface area (Å²) in [6, 6.07) is 8.19. The topological polar surface area (TPSA) is 58.4 Å². The van der Waals surface area contributed by atoms with Gasteiger partial charge in [-0.15, -0.1) is 0 Å². The molecule has 4 rings (SSSR count). The molecule has 0 aliphatic carbocycles. The van der Waals surface area contributed by atoms with E-state index in [0.29, 0.717) is 18.7 Å². The zero-order chi connectivity index (χ0) is 17.9. The first-order valence-corrected chi connectivity index (χ1v) is 9.69. The van der Waals surface area contributed by atoms with Gasteiger partial charge in [-0.2, -0.15) is 0 Å². The van der Waals surface area contributed by atoms with E-state index in [1.165, 1.54) is 5.56 Å². The lowest BCUT2D eigenvalue weighted by Gasteiger charge is -2.20. The Balaban J connectivity index is 1.31. The van der Waals surface area contributed by atoms with Crippen LogP contribution in [-0.4, -0.2) is 42.0 Å². The summed E-state index contributed by atoms with van der Waals surface area (Å²) in [5.41, 5.74) is 2.24. The van der Waals surface area contributed by atoms with Crippen LogP contribution in [0.15, 0.2) is 34.9 Å². The lowest BCUT2D eigenvalue weighted by atomic mass is 9.92. The fourth-order valence-corrected chi connectivity index (χ4v) is 4.12. The van der Waals surface area contributed by atoms with Crippen LogP contribution in [0.5, 0.6) is 0 Å². The van der Waals surface area contributed by atoms with E-state index in [0.717, 1.165) is 62.2 Å². The minimum absolute atomic E-state index is 0.230. The van der Waals surface area contributed by atoms with E-state index in [2.05, 4.69) is 29.4 Å². The third-order valence-corrected chi connectivity index (χ3v) is 5.81. The van der Waals surface area contributed by atoms with Gasteiger partial charge in [-0.3, -0.25) is 4.79 Å². The molecule has 138 valence electrons. The smallest absolute Gasteiger partial charge is 0.223 e. The van der Waals surface area contributed by atoms with Crippen LogP contribution in [-0.2, 0) is 11.2 Å². The SMILES string of the molecule is Cc1ccc(-c2cnc(CCC(=O)N3CC[C@@H]4CNC[C@@H]4CC3)o2)cc1. The molecule has 1 aromatic heterocycles. The first-order valence-electron chi connectivity index (χ1n) is 9.69. The number of nitrogens with zero attached hydrogens (tertiary/aromatic N) is 2. The highest BCUT2D eigenvalue weighted by molar-refractivity contribution is 5.76. The van der Waals surface area contributed by atoms with E-state index >= 15 is 0 Å². The summed E-state index contributed by atoms with van der Waals surface area (Å²) in [7, 11) is 0. The number of rotatable bonds is 4. The van der Waals surface area contributed by atoms with Crippen molar-refractivity contribution in [2.45, 2.75) is 32.6 Å². The Kier molecular flexibility index (Phi) is 5.07. The van der Waals surface area contributed by atoms with Crippen molar-refractivity contribution < 1.29 is 9.21 Å². The molecule has 26 heavy (non-hydrogen) atoms. The van der Waals surface area contributed by atoms with Crippen molar-refractivity contribution >= 4 is 5.91 Å². The average molecular weight is 353 g/mol. The second-order valence-electron chi connectivity index (χ2n) is 7.62. The molecule has 1 amide bonds. The summed E-state index contributed by atoms with van der Waals surface area (Å²) >= 11 is 0. The van der Waals surface area contributed by atoms with Gasteiger partial charge < -0.3 is 14.6 Å². The van der Waals surface area contributed by atoms with E-state index in [-0.39, 0.29) is 5.91 Å². The number of carbonyl (C=O) groups is 1. The molecule has 2 aliphatic heterocycles. The second-order valence-corrected chi connectivity index (χ2v) is 7.62. The fourth-order valence-electron chi connectivity index (χ4n) is 4.12. The quantitative estimate of drug-likeness (QED) is 0.918. The molecule has 5 heteroatoms. The number of oxazole rings is 1. The highest BCUT2D eigenvalue weighted by Gasteiger charge is 2.31. The van der Waals surface area contributed by atoms with Gasteiger partial charge in [0.1, 0.15) is 0 Å². The number of likely N-dealkylation sites (tertiary alicyclic amines) is 1. The Morgan fingerprint density at radius 3 is 2.58 bits per heavy atom. The Bertz CT molecular complexity index is 739. The average Bonchev–Trinajstić information content (AvgIpc) is 3.26. The summed E-state index contributed by atoms with van der Waals surface area (Å²) in [4.78, 5) is 19.0. The number of hydrogen-bond acceptors (Lipinski definition) is 4. The van der Waals surface area contributed by atoms with Crippen molar-refractivity contribution in [2.75, 3.05) is 26.2 Å². The molecular weight excluding hydrogens is 326 g/mol. The molecular formula is C21H27N3O2. The third kappa shape index (κ3) is 3.83. The highest BCUT2D eigenvalue weighted by atomic mass is 16.4. The predicted molar refractivity (Wildman–Crippen MR) is 101 cm³/mol. The van der Waals surface area contributed by atoms with Gasteiger partial charge in [0.25, 0.3) is 0 Å². The molecule has 0 saturated carbocycles. The molecule has 0 radical (unpaired) electrons. The molecule has 5 nitrogen and oxygen atoms in total. The monoisotopic (exact) mass is 353 g/mol. The van der Waals surface area contributed by atoms with Gasteiger partial charge in [0.15, 0.2) is 11.7 Å². The van der Waals surface area contributed by atoms with Gasteiger partial charge in [-0.05, 0) is 44.7 Å². The maximum atomic E-state index is 12.6. The maximum absolute atomic E-state index is 12.6. The number of hydrogen-bond donors (Lipinski definition) is 1. The molecule has 2 saturated heterocycles. The number of benzene rings is 1. The number of carbonyl (C=O) groups excluding carboxylic acids is 1. The largest absolute Gasteiger partial charge is 0.441 e. The van der Waals surface area contributed by atoms with E-state index in [1.807, 2.05) is 17.0 Å². The molecule has 2 aliphatic rings. The minimum Gasteiger partial charge on any atom is -0.441 e. The zero-order valence-electron chi connectivity index (χ0n) is 15.4. The minimum atomic E-state index is 0.230. The van der Waals surface area contributed by atoms with Crippen molar-refractivity contribution in [1.29, 1.82) is 0 Å². The molecule has 3 heterocycles. The van der Waals surface area contributed by atoms with Gasteiger partial charge in [-0.25, -0.2) is 4.98 Å². The molecule has 2 aromatic rings. The summed E-state index contributed by atoms with van der Waals surface area (Å²) in [5.74, 6) is 3.13. The molecule has 2 fully saturated rings. The predicted octanol–water partition coefficient (Wildman–Crippen LogP) is 3.04. The van der Waals surface area contributed by atoms with Gasteiger partial charge in [0.05, 0.1) is 6.20 Å². The van der Waals surface area contributed by atoms with Gasteiger partial charge in [0.2, 0.25) is 5.91 Å². The summed E-state index contributed by atoms with van der Waals surface area (Å²) in [6.45, 7) is 6.08. The summed E-state index contributed by atoms with van der Waals surface area (Å²) in [6.07, 6.45) is 5.04.